The molecule has 1 aromatic rings. The molecule has 0 fully saturated rings. The molecular weight excluding hydrogens is 190 g/mol. The lowest BCUT2D eigenvalue weighted by molar-refractivity contribution is -0.117. The normalized spacial score (nSPS) is 12.5. The number of aryl methyl sites for hydroxylation is 1. The molecule has 15 heavy (non-hydrogen) atoms. The lowest BCUT2D eigenvalue weighted by Gasteiger charge is -2.07. The van der Waals surface area contributed by atoms with E-state index in [0.717, 1.165) is 17.7 Å². The van der Waals surface area contributed by atoms with Crippen molar-refractivity contribution in [2.75, 3.05) is 5.32 Å². The monoisotopic (exact) mass is 209 g/mol. The first-order valence-electron chi connectivity index (χ1n) is 5.36. The van der Waals surface area contributed by atoms with Gasteiger partial charge in [-0.25, -0.2) is 0 Å². The summed E-state index contributed by atoms with van der Waals surface area (Å²) in [5.41, 5.74) is 2.00. The Balaban J connectivity index is 2.55. The van der Waals surface area contributed by atoms with Gasteiger partial charge in [0.15, 0.2) is 5.82 Å². The number of hydrogen-bond donors (Lipinski definition) is 2. The van der Waals surface area contributed by atoms with Crippen LogP contribution in [0.2, 0.25) is 0 Å². The third kappa shape index (κ3) is 3.08. The standard InChI is InChI=1S/C11H19N3O/c1-5-7(2)6-10(15)12-11-8(3)9(4)13-14-11/h7H,5-6H2,1-4H3,(H2,12,13,14,15). The molecule has 1 rings (SSSR count). The van der Waals surface area contributed by atoms with Crippen molar-refractivity contribution in [3.63, 3.8) is 0 Å². The van der Waals surface area contributed by atoms with Crippen molar-refractivity contribution in [3.8, 4) is 0 Å². The number of carbonyl (C=O) groups excluding carboxylic acids is 1. The highest BCUT2D eigenvalue weighted by molar-refractivity contribution is 5.90. The third-order valence-electron chi connectivity index (χ3n) is 2.74. The fourth-order valence-electron chi connectivity index (χ4n) is 1.25. The van der Waals surface area contributed by atoms with E-state index < -0.39 is 0 Å². The van der Waals surface area contributed by atoms with E-state index in [2.05, 4.69) is 29.4 Å². The second kappa shape index (κ2) is 4.96. The van der Waals surface area contributed by atoms with E-state index in [1.807, 2.05) is 13.8 Å². The maximum absolute atomic E-state index is 11.6. The molecule has 1 heterocycles. The molecule has 1 aromatic heterocycles. The average Bonchev–Trinajstić information content (AvgIpc) is 2.49. The van der Waals surface area contributed by atoms with Crippen molar-refractivity contribution < 1.29 is 4.79 Å². The van der Waals surface area contributed by atoms with Crippen LogP contribution in [0.15, 0.2) is 0 Å². The number of nitrogens with one attached hydrogen (secondary N) is 2. The molecule has 0 aliphatic rings. The van der Waals surface area contributed by atoms with Gasteiger partial charge in [-0.1, -0.05) is 20.3 Å². The summed E-state index contributed by atoms with van der Waals surface area (Å²) in [5.74, 6) is 1.12. The van der Waals surface area contributed by atoms with Crippen LogP contribution in [-0.2, 0) is 4.79 Å². The number of hydrogen-bond acceptors (Lipinski definition) is 2. The molecule has 1 amide bonds. The van der Waals surface area contributed by atoms with Gasteiger partial charge in [-0.15, -0.1) is 0 Å². The number of aromatic nitrogens is 2. The van der Waals surface area contributed by atoms with Crippen LogP contribution in [0.5, 0.6) is 0 Å². The number of carbonyl (C=O) groups is 1. The first kappa shape index (κ1) is 11.8. The number of H-pyrrole nitrogens is 1. The van der Waals surface area contributed by atoms with Crippen molar-refractivity contribution in [1.82, 2.24) is 10.2 Å². The molecule has 4 heteroatoms. The van der Waals surface area contributed by atoms with Crippen molar-refractivity contribution in [2.45, 2.75) is 40.5 Å². The number of nitrogens with zero attached hydrogens (tertiary/aromatic N) is 1. The predicted molar refractivity (Wildman–Crippen MR) is 60.8 cm³/mol. The quantitative estimate of drug-likeness (QED) is 0.800. The largest absolute Gasteiger partial charge is 0.309 e. The highest BCUT2D eigenvalue weighted by Gasteiger charge is 2.11. The van der Waals surface area contributed by atoms with Crippen LogP contribution < -0.4 is 5.32 Å². The molecule has 0 saturated heterocycles. The molecule has 84 valence electrons. The van der Waals surface area contributed by atoms with Crippen molar-refractivity contribution in [2.24, 2.45) is 5.92 Å². The molecule has 0 bridgehead atoms. The van der Waals surface area contributed by atoms with Crippen LogP contribution in [0.3, 0.4) is 0 Å². The van der Waals surface area contributed by atoms with Crippen LogP contribution in [0.1, 0.15) is 37.9 Å². The van der Waals surface area contributed by atoms with Gasteiger partial charge in [-0.2, -0.15) is 5.10 Å². The van der Waals surface area contributed by atoms with E-state index in [0.29, 0.717) is 18.2 Å². The highest BCUT2D eigenvalue weighted by atomic mass is 16.1. The van der Waals surface area contributed by atoms with E-state index in [-0.39, 0.29) is 5.91 Å². The van der Waals surface area contributed by atoms with Gasteiger partial charge in [0.25, 0.3) is 0 Å². The minimum atomic E-state index is 0.0407. The van der Waals surface area contributed by atoms with E-state index in [1.54, 1.807) is 0 Å². The van der Waals surface area contributed by atoms with Crippen molar-refractivity contribution in [3.05, 3.63) is 11.3 Å². The van der Waals surface area contributed by atoms with Gasteiger partial charge in [0.05, 0.1) is 0 Å². The molecule has 1 unspecified atom stereocenters. The number of anilines is 1. The maximum Gasteiger partial charge on any atom is 0.225 e. The zero-order chi connectivity index (χ0) is 11.4. The van der Waals surface area contributed by atoms with Gasteiger partial charge in [0, 0.05) is 17.7 Å². The molecule has 1 atom stereocenters. The summed E-state index contributed by atoms with van der Waals surface area (Å²) in [6, 6.07) is 0. The average molecular weight is 209 g/mol. The lowest BCUT2D eigenvalue weighted by Crippen LogP contribution is -2.15. The van der Waals surface area contributed by atoms with Gasteiger partial charge in [-0.05, 0) is 19.8 Å². The van der Waals surface area contributed by atoms with E-state index >= 15 is 0 Å². The van der Waals surface area contributed by atoms with Crippen molar-refractivity contribution in [1.29, 1.82) is 0 Å². The summed E-state index contributed by atoms with van der Waals surface area (Å²) in [6.45, 7) is 8.04. The molecule has 2 N–H and O–H groups in total. The van der Waals surface area contributed by atoms with Crippen LogP contribution in [0.4, 0.5) is 5.82 Å². The second-order valence-corrected chi connectivity index (χ2v) is 4.09. The Kier molecular flexibility index (Phi) is 3.88. The summed E-state index contributed by atoms with van der Waals surface area (Å²) in [4.78, 5) is 11.6. The lowest BCUT2D eigenvalue weighted by atomic mass is 10.1. The Labute approximate surface area is 90.5 Å². The van der Waals surface area contributed by atoms with Gasteiger partial charge in [0.2, 0.25) is 5.91 Å². The van der Waals surface area contributed by atoms with Gasteiger partial charge in [-0.3, -0.25) is 9.89 Å². The van der Waals surface area contributed by atoms with Gasteiger partial charge >= 0.3 is 0 Å². The summed E-state index contributed by atoms with van der Waals surface area (Å²) in [5, 5.41) is 9.69. The van der Waals surface area contributed by atoms with Gasteiger partial charge < -0.3 is 5.32 Å². The second-order valence-electron chi connectivity index (χ2n) is 4.09. The Bertz CT molecular complexity index is 344. The topological polar surface area (TPSA) is 57.8 Å². The maximum atomic E-state index is 11.6. The smallest absolute Gasteiger partial charge is 0.225 e. The molecule has 0 aromatic carbocycles. The van der Waals surface area contributed by atoms with Gasteiger partial charge in [0.1, 0.15) is 0 Å². The Morgan fingerprint density at radius 1 is 1.53 bits per heavy atom. The molecule has 0 aliphatic carbocycles. The van der Waals surface area contributed by atoms with Crippen LogP contribution in [-0.4, -0.2) is 16.1 Å². The predicted octanol–water partition coefficient (Wildman–Crippen LogP) is 2.40. The summed E-state index contributed by atoms with van der Waals surface area (Å²) in [6.07, 6.45) is 1.58. The summed E-state index contributed by atoms with van der Waals surface area (Å²) >= 11 is 0. The Morgan fingerprint density at radius 3 is 2.67 bits per heavy atom. The fourth-order valence-corrected chi connectivity index (χ4v) is 1.25. The molecule has 0 aliphatic heterocycles. The molecule has 0 radical (unpaired) electrons. The van der Waals surface area contributed by atoms with Crippen LogP contribution >= 0.6 is 0 Å². The summed E-state index contributed by atoms with van der Waals surface area (Å²) in [7, 11) is 0. The van der Waals surface area contributed by atoms with Crippen LogP contribution in [0.25, 0.3) is 0 Å². The molecule has 0 spiro atoms. The third-order valence-corrected chi connectivity index (χ3v) is 2.74. The Morgan fingerprint density at radius 2 is 2.20 bits per heavy atom. The first-order chi connectivity index (χ1) is 7.04. The van der Waals surface area contributed by atoms with E-state index in [9.17, 15) is 4.79 Å². The summed E-state index contributed by atoms with van der Waals surface area (Å²) < 4.78 is 0. The fraction of sp³-hybridized carbons (Fsp3) is 0.636. The zero-order valence-electron chi connectivity index (χ0n) is 9.85. The molecule has 4 nitrogen and oxygen atoms in total. The van der Waals surface area contributed by atoms with Crippen molar-refractivity contribution >= 4 is 11.7 Å². The Hall–Kier alpha value is -1.32. The number of aromatic amines is 1. The SMILES string of the molecule is CCC(C)CC(=O)Nc1n[nH]c(C)c1C. The number of rotatable bonds is 4. The molecule has 0 saturated carbocycles. The first-order valence-corrected chi connectivity index (χ1v) is 5.36. The minimum Gasteiger partial charge on any atom is -0.309 e. The zero-order valence-corrected chi connectivity index (χ0v) is 9.85. The number of amides is 1. The minimum absolute atomic E-state index is 0.0407. The highest BCUT2D eigenvalue weighted by Crippen LogP contribution is 2.15. The molecular formula is C11H19N3O. The van der Waals surface area contributed by atoms with Crippen LogP contribution in [0, 0.1) is 19.8 Å². The van der Waals surface area contributed by atoms with E-state index in [1.165, 1.54) is 0 Å². The van der Waals surface area contributed by atoms with E-state index in [4.69, 9.17) is 0 Å².